The Kier molecular flexibility index (Phi) is 7.73. The molecule has 4 rings (SSSR count). The van der Waals surface area contributed by atoms with Crippen molar-refractivity contribution in [1.82, 2.24) is 14.8 Å². The summed E-state index contributed by atoms with van der Waals surface area (Å²) in [5.41, 5.74) is 1.97. The molecule has 2 amide bonds. The van der Waals surface area contributed by atoms with Crippen LogP contribution in [0.15, 0.2) is 60.9 Å². The summed E-state index contributed by atoms with van der Waals surface area (Å²) in [5, 5.41) is 0. The molecule has 1 aliphatic heterocycles. The third kappa shape index (κ3) is 6.20. The first-order chi connectivity index (χ1) is 16.1. The van der Waals surface area contributed by atoms with Crippen LogP contribution in [0.4, 0.5) is 0 Å². The lowest BCUT2D eigenvalue weighted by Crippen LogP contribution is -2.43. The van der Waals surface area contributed by atoms with Gasteiger partial charge in [0.1, 0.15) is 5.75 Å². The van der Waals surface area contributed by atoms with Crippen LogP contribution in [0.5, 0.6) is 5.75 Å². The van der Waals surface area contributed by atoms with E-state index in [4.69, 9.17) is 9.47 Å². The highest BCUT2D eigenvalue weighted by atomic mass is 16.5. The highest BCUT2D eigenvalue weighted by molar-refractivity contribution is 5.86. The van der Waals surface area contributed by atoms with Crippen molar-refractivity contribution in [2.45, 2.75) is 38.5 Å². The first-order valence-corrected chi connectivity index (χ1v) is 11.5. The summed E-state index contributed by atoms with van der Waals surface area (Å²) in [6.45, 7) is 1.77. The monoisotopic (exact) mass is 449 g/mol. The Hall–Kier alpha value is -3.19. The zero-order chi connectivity index (χ0) is 23.0. The maximum Gasteiger partial charge on any atom is 0.242 e. The van der Waals surface area contributed by atoms with E-state index in [-0.39, 0.29) is 30.4 Å². The second kappa shape index (κ2) is 11.1. The van der Waals surface area contributed by atoms with Gasteiger partial charge < -0.3 is 19.3 Å². The van der Waals surface area contributed by atoms with Gasteiger partial charge in [-0.05, 0) is 48.6 Å². The molecule has 0 spiro atoms. The van der Waals surface area contributed by atoms with Crippen molar-refractivity contribution < 1.29 is 19.1 Å². The molecule has 0 saturated carbocycles. The number of hydrogen-bond acceptors (Lipinski definition) is 5. The van der Waals surface area contributed by atoms with Crippen molar-refractivity contribution in [3.63, 3.8) is 0 Å². The molecular formula is C26H31N3O4. The van der Waals surface area contributed by atoms with Crippen molar-refractivity contribution >= 4 is 11.8 Å². The van der Waals surface area contributed by atoms with Gasteiger partial charge in [-0.15, -0.1) is 0 Å². The maximum atomic E-state index is 13.2. The van der Waals surface area contributed by atoms with Crippen LogP contribution in [-0.4, -0.2) is 59.4 Å². The molecule has 7 heteroatoms. The smallest absolute Gasteiger partial charge is 0.242 e. The van der Waals surface area contributed by atoms with Gasteiger partial charge in [-0.2, -0.15) is 0 Å². The fourth-order valence-corrected chi connectivity index (χ4v) is 4.33. The molecule has 1 aliphatic carbocycles. The number of amides is 2. The van der Waals surface area contributed by atoms with Crippen molar-refractivity contribution in [3.05, 3.63) is 72.1 Å². The normalized spacial score (nSPS) is 21.1. The van der Waals surface area contributed by atoms with E-state index < -0.39 is 0 Å². The second-order valence-corrected chi connectivity index (χ2v) is 8.62. The molecule has 0 bridgehead atoms. The Bertz CT molecular complexity index is 961. The SMILES string of the molecule is COc1ccc(CN2CC(OCc3cccnc3)CN(C(=O)C3CC=CCC3)CC2=O)cc1. The standard InChI is InChI=1S/C26H31N3O4/c1-32-23-11-9-20(10-12-23)15-28-16-24(33-19-21-6-5-13-27-14-21)17-29(18-25(28)30)26(31)22-7-3-2-4-8-22/h2-3,5-6,9-14,22,24H,4,7-8,15-19H2,1H3. The van der Waals surface area contributed by atoms with Gasteiger partial charge in [0.05, 0.1) is 26.4 Å². The van der Waals surface area contributed by atoms with E-state index in [1.807, 2.05) is 36.4 Å². The quantitative estimate of drug-likeness (QED) is 0.607. The number of pyridine rings is 1. The fourth-order valence-electron chi connectivity index (χ4n) is 4.33. The number of rotatable bonds is 7. The topological polar surface area (TPSA) is 72.0 Å². The number of carbonyl (C=O) groups is 2. The minimum absolute atomic E-state index is 0.0500. The third-order valence-corrected chi connectivity index (χ3v) is 6.20. The van der Waals surface area contributed by atoms with Crippen LogP contribution >= 0.6 is 0 Å². The van der Waals surface area contributed by atoms with Crippen LogP contribution in [0.1, 0.15) is 30.4 Å². The van der Waals surface area contributed by atoms with Crippen LogP contribution in [-0.2, 0) is 27.5 Å². The predicted molar refractivity (Wildman–Crippen MR) is 124 cm³/mol. The van der Waals surface area contributed by atoms with Crippen LogP contribution in [0, 0.1) is 5.92 Å². The summed E-state index contributed by atoms with van der Waals surface area (Å²) in [4.78, 5) is 34.1. The summed E-state index contributed by atoms with van der Waals surface area (Å²) in [7, 11) is 1.63. The first kappa shape index (κ1) is 23.0. The Balaban J connectivity index is 1.49. The number of carbonyl (C=O) groups excluding carboxylic acids is 2. The molecule has 2 unspecified atom stereocenters. The van der Waals surface area contributed by atoms with Gasteiger partial charge in [0.15, 0.2) is 0 Å². The molecule has 2 aromatic rings. The van der Waals surface area contributed by atoms with Crippen LogP contribution in [0.25, 0.3) is 0 Å². The molecule has 2 atom stereocenters. The maximum absolute atomic E-state index is 13.2. The average molecular weight is 450 g/mol. The molecule has 33 heavy (non-hydrogen) atoms. The molecule has 1 saturated heterocycles. The predicted octanol–water partition coefficient (Wildman–Crippen LogP) is 3.20. The number of nitrogens with zero attached hydrogens (tertiary/aromatic N) is 3. The number of methoxy groups -OCH3 is 1. The van der Waals surface area contributed by atoms with Gasteiger partial charge in [-0.25, -0.2) is 0 Å². The Morgan fingerprint density at radius 3 is 2.67 bits per heavy atom. The van der Waals surface area contributed by atoms with Gasteiger partial charge >= 0.3 is 0 Å². The lowest BCUT2D eigenvalue weighted by atomic mass is 9.93. The molecule has 1 aromatic carbocycles. The lowest BCUT2D eigenvalue weighted by molar-refractivity contribution is -0.141. The van der Waals surface area contributed by atoms with Gasteiger partial charge in [-0.3, -0.25) is 14.6 Å². The molecule has 7 nitrogen and oxygen atoms in total. The van der Waals surface area contributed by atoms with E-state index >= 15 is 0 Å². The zero-order valence-corrected chi connectivity index (χ0v) is 19.1. The zero-order valence-electron chi connectivity index (χ0n) is 19.1. The highest BCUT2D eigenvalue weighted by Gasteiger charge is 2.33. The van der Waals surface area contributed by atoms with E-state index in [1.165, 1.54) is 0 Å². The highest BCUT2D eigenvalue weighted by Crippen LogP contribution is 2.23. The minimum Gasteiger partial charge on any atom is -0.497 e. The summed E-state index contributed by atoms with van der Waals surface area (Å²) >= 11 is 0. The minimum atomic E-state index is -0.280. The molecule has 2 aliphatic rings. The van der Waals surface area contributed by atoms with Gasteiger partial charge in [-0.1, -0.05) is 30.4 Å². The largest absolute Gasteiger partial charge is 0.497 e. The molecule has 174 valence electrons. The van der Waals surface area contributed by atoms with Crippen LogP contribution in [0.3, 0.4) is 0 Å². The average Bonchev–Trinajstić information content (AvgIpc) is 3.02. The van der Waals surface area contributed by atoms with Gasteiger partial charge in [0, 0.05) is 37.9 Å². The Morgan fingerprint density at radius 2 is 1.97 bits per heavy atom. The second-order valence-electron chi connectivity index (χ2n) is 8.62. The van der Waals surface area contributed by atoms with Gasteiger partial charge in [0.25, 0.3) is 0 Å². The Labute approximate surface area is 195 Å². The molecule has 2 heterocycles. The van der Waals surface area contributed by atoms with E-state index in [0.717, 1.165) is 36.1 Å². The molecule has 1 aromatic heterocycles. The van der Waals surface area contributed by atoms with Crippen molar-refractivity contribution in [1.29, 1.82) is 0 Å². The molecule has 0 N–H and O–H groups in total. The summed E-state index contributed by atoms with van der Waals surface area (Å²) < 4.78 is 11.4. The van der Waals surface area contributed by atoms with Crippen molar-refractivity contribution in [2.75, 3.05) is 26.7 Å². The summed E-state index contributed by atoms with van der Waals surface area (Å²) in [5.74, 6) is 0.707. The summed E-state index contributed by atoms with van der Waals surface area (Å²) in [6.07, 6.45) is 9.88. The number of aromatic nitrogens is 1. The van der Waals surface area contributed by atoms with Crippen LogP contribution in [0.2, 0.25) is 0 Å². The number of hydrogen-bond donors (Lipinski definition) is 0. The number of benzene rings is 1. The van der Waals surface area contributed by atoms with Crippen molar-refractivity contribution in [3.8, 4) is 5.75 Å². The van der Waals surface area contributed by atoms with E-state index in [0.29, 0.717) is 26.2 Å². The molecule has 0 radical (unpaired) electrons. The van der Waals surface area contributed by atoms with E-state index in [1.54, 1.807) is 29.3 Å². The Morgan fingerprint density at radius 1 is 1.12 bits per heavy atom. The van der Waals surface area contributed by atoms with E-state index in [2.05, 4.69) is 17.1 Å². The number of allylic oxidation sites excluding steroid dienone is 2. The first-order valence-electron chi connectivity index (χ1n) is 11.5. The molecule has 1 fully saturated rings. The van der Waals surface area contributed by atoms with Gasteiger partial charge in [0.2, 0.25) is 11.8 Å². The van der Waals surface area contributed by atoms with Crippen molar-refractivity contribution in [2.24, 2.45) is 5.92 Å². The third-order valence-electron chi connectivity index (χ3n) is 6.20. The number of ether oxygens (including phenoxy) is 2. The lowest BCUT2D eigenvalue weighted by Gasteiger charge is -2.28. The molecular weight excluding hydrogens is 418 g/mol. The van der Waals surface area contributed by atoms with Crippen LogP contribution < -0.4 is 4.74 Å². The van der Waals surface area contributed by atoms with E-state index in [9.17, 15) is 9.59 Å². The fraction of sp³-hybridized carbons (Fsp3) is 0.423. The summed E-state index contributed by atoms with van der Waals surface area (Å²) in [6, 6.07) is 11.5.